The maximum Gasteiger partial charge on any atom is 0.269 e. The first kappa shape index (κ1) is 19.5. The number of amides is 1. The summed E-state index contributed by atoms with van der Waals surface area (Å²) in [5, 5.41) is 11.4. The maximum absolute atomic E-state index is 13.3. The minimum absolute atomic E-state index is 0.0740. The molecule has 0 saturated heterocycles. The van der Waals surface area contributed by atoms with Crippen molar-refractivity contribution in [3.63, 3.8) is 0 Å². The number of ether oxygens (including phenoxy) is 1. The highest BCUT2D eigenvalue weighted by Gasteiger charge is 2.23. The van der Waals surface area contributed by atoms with E-state index < -0.39 is 4.92 Å². The number of methoxy groups -OCH3 is 1. The highest BCUT2D eigenvalue weighted by molar-refractivity contribution is 7.22. The van der Waals surface area contributed by atoms with Crippen LogP contribution in [0.3, 0.4) is 0 Å². The molecule has 0 atom stereocenters. The molecule has 4 aromatic rings. The number of thiazole rings is 1. The lowest BCUT2D eigenvalue weighted by molar-refractivity contribution is -0.384. The van der Waals surface area contributed by atoms with Gasteiger partial charge in [-0.2, -0.15) is 0 Å². The number of non-ortho nitro benzene ring substituents is 1. The Morgan fingerprint density at radius 3 is 2.63 bits per heavy atom. The lowest BCUT2D eigenvalue weighted by atomic mass is 10.1. The van der Waals surface area contributed by atoms with Crippen LogP contribution in [0.5, 0.6) is 5.75 Å². The molecule has 150 valence electrons. The first-order valence-corrected chi connectivity index (χ1v) is 9.77. The maximum atomic E-state index is 13.3. The van der Waals surface area contributed by atoms with Crippen LogP contribution in [0.4, 0.5) is 10.8 Å². The molecule has 2 heterocycles. The van der Waals surface area contributed by atoms with E-state index in [2.05, 4.69) is 9.97 Å². The number of rotatable bonds is 6. The molecule has 0 saturated carbocycles. The molecule has 0 aliphatic carbocycles. The predicted octanol–water partition coefficient (Wildman–Crippen LogP) is 4.46. The van der Waals surface area contributed by atoms with Crippen LogP contribution in [-0.4, -0.2) is 27.9 Å². The largest absolute Gasteiger partial charge is 0.494 e. The average Bonchev–Trinajstić information content (AvgIpc) is 3.22. The van der Waals surface area contributed by atoms with Crippen molar-refractivity contribution in [3.8, 4) is 5.75 Å². The number of benzene rings is 2. The van der Waals surface area contributed by atoms with E-state index in [-0.39, 0.29) is 18.1 Å². The van der Waals surface area contributed by atoms with Crippen molar-refractivity contribution < 1.29 is 14.5 Å². The molecule has 2 aromatic heterocycles. The van der Waals surface area contributed by atoms with E-state index >= 15 is 0 Å². The van der Waals surface area contributed by atoms with Gasteiger partial charge in [-0.3, -0.25) is 24.8 Å². The lowest BCUT2D eigenvalue weighted by Crippen LogP contribution is -2.30. The van der Waals surface area contributed by atoms with Crippen molar-refractivity contribution in [1.82, 2.24) is 9.97 Å². The molecule has 2 aromatic carbocycles. The second-order valence-corrected chi connectivity index (χ2v) is 7.37. The topological polar surface area (TPSA) is 98.5 Å². The van der Waals surface area contributed by atoms with Crippen LogP contribution in [0, 0.1) is 10.1 Å². The van der Waals surface area contributed by atoms with Crippen LogP contribution in [0.2, 0.25) is 0 Å². The Morgan fingerprint density at radius 2 is 1.97 bits per heavy atom. The molecule has 0 N–H and O–H groups in total. The third-order valence-electron chi connectivity index (χ3n) is 4.46. The smallest absolute Gasteiger partial charge is 0.269 e. The van der Waals surface area contributed by atoms with E-state index in [4.69, 9.17) is 4.74 Å². The fourth-order valence-electron chi connectivity index (χ4n) is 2.97. The van der Waals surface area contributed by atoms with Gasteiger partial charge in [-0.25, -0.2) is 4.98 Å². The normalized spacial score (nSPS) is 10.7. The molecule has 8 nitrogen and oxygen atoms in total. The van der Waals surface area contributed by atoms with E-state index in [0.29, 0.717) is 22.0 Å². The summed E-state index contributed by atoms with van der Waals surface area (Å²) in [6.07, 6.45) is 3.35. The summed E-state index contributed by atoms with van der Waals surface area (Å²) in [6.45, 7) is 0.256. The van der Waals surface area contributed by atoms with Crippen molar-refractivity contribution in [2.24, 2.45) is 0 Å². The quantitative estimate of drug-likeness (QED) is 0.337. The zero-order valence-corrected chi connectivity index (χ0v) is 16.7. The summed E-state index contributed by atoms with van der Waals surface area (Å²) in [4.78, 5) is 34.1. The van der Waals surface area contributed by atoms with Gasteiger partial charge in [0.05, 0.1) is 23.3 Å². The molecular weight excluding hydrogens is 404 g/mol. The first-order valence-electron chi connectivity index (χ1n) is 8.95. The third-order valence-corrected chi connectivity index (χ3v) is 5.50. The number of carbonyl (C=O) groups is 1. The molecule has 0 radical (unpaired) electrons. The Morgan fingerprint density at radius 1 is 1.17 bits per heavy atom. The third kappa shape index (κ3) is 3.83. The Bertz CT molecular complexity index is 1210. The minimum Gasteiger partial charge on any atom is -0.494 e. The van der Waals surface area contributed by atoms with Crippen molar-refractivity contribution in [2.75, 3.05) is 12.0 Å². The Balaban J connectivity index is 1.76. The molecule has 0 unspecified atom stereocenters. The van der Waals surface area contributed by atoms with Gasteiger partial charge < -0.3 is 4.74 Å². The molecule has 30 heavy (non-hydrogen) atoms. The van der Waals surface area contributed by atoms with Crippen LogP contribution in [0.15, 0.2) is 67.0 Å². The van der Waals surface area contributed by atoms with Crippen LogP contribution < -0.4 is 9.64 Å². The second kappa shape index (κ2) is 8.26. The SMILES string of the molecule is COc1cccc2sc(N(Cc3cccnc3)C(=O)c3ccc([N+](=O)[O-])cc3)nc12. The zero-order valence-electron chi connectivity index (χ0n) is 15.9. The number of para-hydroxylation sites is 1. The van der Waals surface area contributed by atoms with Gasteiger partial charge >= 0.3 is 0 Å². The van der Waals surface area contributed by atoms with Crippen molar-refractivity contribution >= 4 is 38.3 Å². The van der Waals surface area contributed by atoms with Gasteiger partial charge in [-0.15, -0.1) is 0 Å². The predicted molar refractivity (Wildman–Crippen MR) is 114 cm³/mol. The fraction of sp³-hybridized carbons (Fsp3) is 0.0952. The number of hydrogen-bond donors (Lipinski definition) is 0. The number of nitro benzene ring substituents is 1. The first-order chi connectivity index (χ1) is 14.6. The number of fused-ring (bicyclic) bond motifs is 1. The molecule has 9 heteroatoms. The molecule has 0 fully saturated rings. The van der Waals surface area contributed by atoms with Gasteiger partial charge in [0.15, 0.2) is 5.13 Å². The van der Waals surface area contributed by atoms with Crippen LogP contribution in [-0.2, 0) is 6.54 Å². The van der Waals surface area contributed by atoms with Crippen molar-refractivity contribution in [3.05, 3.63) is 88.2 Å². The van der Waals surface area contributed by atoms with Gasteiger partial charge in [-0.1, -0.05) is 23.5 Å². The molecule has 0 bridgehead atoms. The average molecular weight is 420 g/mol. The molecule has 4 rings (SSSR count). The van der Waals surface area contributed by atoms with Gasteiger partial charge in [0.25, 0.3) is 11.6 Å². The van der Waals surface area contributed by atoms with Gasteiger partial charge in [-0.05, 0) is 35.9 Å². The van der Waals surface area contributed by atoms with Gasteiger partial charge in [0, 0.05) is 30.1 Å². The van der Waals surface area contributed by atoms with E-state index in [1.165, 1.54) is 35.6 Å². The number of pyridine rings is 1. The monoisotopic (exact) mass is 420 g/mol. The standard InChI is InChI=1S/C21H16N4O4S/c1-29-17-5-2-6-18-19(17)23-21(30-18)24(13-14-4-3-11-22-12-14)20(26)15-7-9-16(10-8-15)25(27)28/h2-12H,13H2,1H3. The molecule has 0 aliphatic heterocycles. The number of anilines is 1. The number of hydrogen-bond acceptors (Lipinski definition) is 7. The van der Waals surface area contributed by atoms with E-state index in [1.807, 2.05) is 24.3 Å². The summed E-state index contributed by atoms with van der Waals surface area (Å²) in [6, 6.07) is 14.8. The van der Waals surface area contributed by atoms with Gasteiger partial charge in [0.1, 0.15) is 11.3 Å². The van der Waals surface area contributed by atoms with E-state index in [0.717, 1.165) is 10.3 Å². The second-order valence-electron chi connectivity index (χ2n) is 6.36. The number of aromatic nitrogens is 2. The van der Waals surface area contributed by atoms with Crippen LogP contribution in [0.1, 0.15) is 15.9 Å². The summed E-state index contributed by atoms with van der Waals surface area (Å²) in [5.74, 6) is 0.311. The number of nitro groups is 1. The van der Waals surface area contributed by atoms with Gasteiger partial charge in [0.2, 0.25) is 0 Å². The Hall–Kier alpha value is -3.85. The van der Waals surface area contributed by atoms with Crippen molar-refractivity contribution in [1.29, 1.82) is 0 Å². The van der Waals surface area contributed by atoms with Crippen LogP contribution in [0.25, 0.3) is 10.2 Å². The minimum atomic E-state index is -0.499. The Kier molecular flexibility index (Phi) is 5.36. The molecule has 0 spiro atoms. The van der Waals surface area contributed by atoms with E-state index in [9.17, 15) is 14.9 Å². The molecular formula is C21H16N4O4S. The number of nitrogens with zero attached hydrogens (tertiary/aromatic N) is 4. The van der Waals surface area contributed by atoms with E-state index in [1.54, 1.807) is 30.5 Å². The molecule has 1 amide bonds. The highest BCUT2D eigenvalue weighted by Crippen LogP contribution is 2.35. The highest BCUT2D eigenvalue weighted by atomic mass is 32.1. The summed E-state index contributed by atoms with van der Waals surface area (Å²) < 4.78 is 6.27. The Labute approximate surface area is 175 Å². The summed E-state index contributed by atoms with van der Waals surface area (Å²) in [5.41, 5.74) is 1.76. The van der Waals surface area contributed by atoms with Crippen molar-refractivity contribution in [2.45, 2.75) is 6.54 Å². The zero-order chi connectivity index (χ0) is 21.1. The summed E-state index contributed by atoms with van der Waals surface area (Å²) >= 11 is 1.37. The number of carbonyl (C=O) groups excluding carboxylic acids is 1. The fourth-order valence-corrected chi connectivity index (χ4v) is 3.95. The summed E-state index contributed by atoms with van der Waals surface area (Å²) in [7, 11) is 1.57. The molecule has 0 aliphatic rings. The van der Waals surface area contributed by atoms with Crippen LogP contribution >= 0.6 is 11.3 Å². The lowest BCUT2D eigenvalue weighted by Gasteiger charge is -2.20.